The molecule has 3 heterocycles. The standard InChI is InChI=1S/C16H22N6O2/c1-4-22-7-11(5-18-22)14-13(8-20(3)19-14)16(24)21-6-10(2)12(9-21)15(17)23/h5,7-8,10,12H,4,6,9H2,1-3H3,(H2,17,23)/t10-,12-/m1/s1. The normalized spacial score (nSPS) is 20.5. The molecule has 2 atom stereocenters. The SMILES string of the molecule is CCn1cc(-c2nn(C)cc2C(=O)N2C[C@@H](C)[C@H](C(N)=O)C2)cn1. The Bertz CT molecular complexity index is 777. The van der Waals surface area contributed by atoms with Gasteiger partial charge >= 0.3 is 0 Å². The number of nitrogens with two attached hydrogens (primary N) is 1. The Hall–Kier alpha value is -2.64. The van der Waals surface area contributed by atoms with Gasteiger partial charge in [0.2, 0.25) is 5.91 Å². The highest BCUT2D eigenvalue weighted by molar-refractivity contribution is 6.00. The van der Waals surface area contributed by atoms with Gasteiger partial charge in [0, 0.05) is 44.6 Å². The largest absolute Gasteiger partial charge is 0.369 e. The number of nitrogens with zero attached hydrogens (tertiary/aromatic N) is 5. The van der Waals surface area contributed by atoms with Crippen LogP contribution >= 0.6 is 0 Å². The second-order valence-electron chi connectivity index (χ2n) is 6.35. The first-order chi connectivity index (χ1) is 11.4. The summed E-state index contributed by atoms with van der Waals surface area (Å²) in [5.41, 5.74) is 7.36. The number of hydrogen-bond donors (Lipinski definition) is 1. The maximum Gasteiger partial charge on any atom is 0.257 e. The first kappa shape index (κ1) is 16.2. The Morgan fingerprint density at radius 1 is 1.33 bits per heavy atom. The van der Waals surface area contributed by atoms with E-state index >= 15 is 0 Å². The molecule has 128 valence electrons. The maximum atomic E-state index is 12.9. The fourth-order valence-corrected chi connectivity index (χ4v) is 3.19. The lowest BCUT2D eigenvalue weighted by molar-refractivity contribution is -0.122. The van der Waals surface area contributed by atoms with E-state index < -0.39 is 0 Å². The van der Waals surface area contributed by atoms with Gasteiger partial charge in [-0.25, -0.2) is 0 Å². The molecule has 1 aliphatic rings. The summed E-state index contributed by atoms with van der Waals surface area (Å²) >= 11 is 0. The topological polar surface area (TPSA) is 99.0 Å². The smallest absolute Gasteiger partial charge is 0.257 e. The summed E-state index contributed by atoms with van der Waals surface area (Å²) in [7, 11) is 1.78. The summed E-state index contributed by atoms with van der Waals surface area (Å²) in [6.45, 7) is 5.57. The van der Waals surface area contributed by atoms with E-state index in [1.807, 2.05) is 20.0 Å². The molecule has 8 heteroatoms. The van der Waals surface area contributed by atoms with E-state index in [9.17, 15) is 9.59 Å². The van der Waals surface area contributed by atoms with Crippen LogP contribution in [0.1, 0.15) is 24.2 Å². The molecule has 3 rings (SSSR count). The Kier molecular flexibility index (Phi) is 4.13. The summed E-state index contributed by atoms with van der Waals surface area (Å²) in [5, 5.41) is 8.67. The first-order valence-electron chi connectivity index (χ1n) is 8.05. The summed E-state index contributed by atoms with van der Waals surface area (Å²) in [5.74, 6) is -0.710. The molecule has 2 amide bonds. The second-order valence-corrected chi connectivity index (χ2v) is 6.35. The average molecular weight is 330 g/mol. The van der Waals surface area contributed by atoms with Gasteiger partial charge in [0.1, 0.15) is 5.69 Å². The van der Waals surface area contributed by atoms with Gasteiger partial charge in [-0.1, -0.05) is 6.92 Å². The Labute approximate surface area is 140 Å². The molecule has 1 saturated heterocycles. The fraction of sp³-hybridized carbons (Fsp3) is 0.500. The predicted octanol–water partition coefficient (Wildman–Crippen LogP) is 0.497. The lowest BCUT2D eigenvalue weighted by Gasteiger charge is -2.15. The van der Waals surface area contributed by atoms with Crippen molar-refractivity contribution in [1.82, 2.24) is 24.5 Å². The molecule has 0 aromatic carbocycles. The van der Waals surface area contributed by atoms with Crippen molar-refractivity contribution >= 4 is 11.8 Å². The highest BCUT2D eigenvalue weighted by atomic mass is 16.2. The molecule has 1 aliphatic heterocycles. The minimum absolute atomic E-state index is 0.0643. The number of carbonyl (C=O) groups is 2. The molecule has 1 fully saturated rings. The van der Waals surface area contributed by atoms with E-state index in [1.165, 1.54) is 0 Å². The number of carbonyl (C=O) groups excluding carboxylic acids is 2. The van der Waals surface area contributed by atoms with E-state index in [0.717, 1.165) is 12.1 Å². The van der Waals surface area contributed by atoms with Crippen LogP contribution in [-0.4, -0.2) is 49.4 Å². The lowest BCUT2D eigenvalue weighted by atomic mass is 9.98. The van der Waals surface area contributed by atoms with Gasteiger partial charge in [0.25, 0.3) is 5.91 Å². The minimum Gasteiger partial charge on any atom is -0.369 e. The van der Waals surface area contributed by atoms with Gasteiger partial charge in [-0.15, -0.1) is 0 Å². The number of primary amides is 1. The molecule has 0 radical (unpaired) electrons. The van der Waals surface area contributed by atoms with Gasteiger partial charge in [0.05, 0.1) is 17.7 Å². The maximum absolute atomic E-state index is 12.9. The number of hydrogen-bond acceptors (Lipinski definition) is 4. The van der Waals surface area contributed by atoms with E-state index in [1.54, 1.807) is 33.7 Å². The molecule has 0 bridgehead atoms. The number of amides is 2. The first-order valence-corrected chi connectivity index (χ1v) is 8.05. The van der Waals surface area contributed by atoms with E-state index in [2.05, 4.69) is 10.2 Å². The summed E-state index contributed by atoms with van der Waals surface area (Å²) in [6.07, 6.45) is 5.29. The highest BCUT2D eigenvalue weighted by Crippen LogP contribution is 2.28. The second kappa shape index (κ2) is 6.10. The zero-order chi connectivity index (χ0) is 17.4. The van der Waals surface area contributed by atoms with E-state index in [4.69, 9.17) is 5.73 Å². The molecular weight excluding hydrogens is 308 g/mol. The van der Waals surface area contributed by atoms with Gasteiger partial charge in [-0.2, -0.15) is 10.2 Å². The van der Waals surface area contributed by atoms with Crippen molar-refractivity contribution in [3.63, 3.8) is 0 Å². The summed E-state index contributed by atoms with van der Waals surface area (Å²) in [6, 6.07) is 0. The van der Waals surface area contributed by atoms with Crippen LogP contribution in [0.25, 0.3) is 11.3 Å². The van der Waals surface area contributed by atoms with E-state index in [-0.39, 0.29) is 23.7 Å². The number of aromatic nitrogens is 4. The van der Waals surface area contributed by atoms with Crippen LogP contribution in [-0.2, 0) is 18.4 Å². The van der Waals surface area contributed by atoms with Crippen LogP contribution in [0.5, 0.6) is 0 Å². The van der Waals surface area contributed by atoms with Crippen molar-refractivity contribution in [2.24, 2.45) is 24.6 Å². The number of aryl methyl sites for hydroxylation is 2. The van der Waals surface area contributed by atoms with Crippen LogP contribution in [0.3, 0.4) is 0 Å². The van der Waals surface area contributed by atoms with Crippen LogP contribution in [0.15, 0.2) is 18.6 Å². The average Bonchev–Trinajstić information content (AvgIpc) is 3.23. The quantitative estimate of drug-likeness (QED) is 0.882. The Morgan fingerprint density at radius 3 is 2.67 bits per heavy atom. The third-order valence-electron chi connectivity index (χ3n) is 4.55. The molecule has 0 spiro atoms. The van der Waals surface area contributed by atoms with Crippen molar-refractivity contribution in [3.05, 3.63) is 24.2 Å². The van der Waals surface area contributed by atoms with Gasteiger partial charge < -0.3 is 10.6 Å². The molecule has 0 aliphatic carbocycles. The third kappa shape index (κ3) is 2.79. The molecule has 0 unspecified atom stereocenters. The van der Waals surface area contributed by atoms with Crippen molar-refractivity contribution in [3.8, 4) is 11.3 Å². The van der Waals surface area contributed by atoms with Crippen LogP contribution in [0, 0.1) is 11.8 Å². The molecule has 2 aromatic rings. The predicted molar refractivity (Wildman–Crippen MR) is 87.9 cm³/mol. The molecule has 8 nitrogen and oxygen atoms in total. The minimum atomic E-state index is -0.353. The number of rotatable bonds is 4. The van der Waals surface area contributed by atoms with Gasteiger partial charge in [-0.3, -0.25) is 19.0 Å². The monoisotopic (exact) mass is 330 g/mol. The van der Waals surface area contributed by atoms with Crippen LogP contribution in [0.4, 0.5) is 0 Å². The van der Waals surface area contributed by atoms with Crippen molar-refractivity contribution < 1.29 is 9.59 Å². The van der Waals surface area contributed by atoms with Gasteiger partial charge in [0.15, 0.2) is 0 Å². The molecule has 2 N–H and O–H groups in total. The van der Waals surface area contributed by atoms with Gasteiger partial charge in [-0.05, 0) is 12.8 Å². The van der Waals surface area contributed by atoms with Crippen LogP contribution < -0.4 is 5.73 Å². The summed E-state index contributed by atoms with van der Waals surface area (Å²) < 4.78 is 3.41. The molecule has 0 saturated carbocycles. The molecule has 2 aromatic heterocycles. The third-order valence-corrected chi connectivity index (χ3v) is 4.55. The Balaban J connectivity index is 1.90. The number of likely N-dealkylation sites (tertiary alicyclic amines) is 1. The summed E-state index contributed by atoms with van der Waals surface area (Å²) in [4.78, 5) is 26.1. The Morgan fingerprint density at radius 2 is 2.08 bits per heavy atom. The lowest BCUT2D eigenvalue weighted by Crippen LogP contribution is -2.32. The van der Waals surface area contributed by atoms with Crippen molar-refractivity contribution in [2.75, 3.05) is 13.1 Å². The fourth-order valence-electron chi connectivity index (χ4n) is 3.19. The molecular formula is C16H22N6O2. The van der Waals surface area contributed by atoms with E-state index in [0.29, 0.717) is 24.3 Å². The zero-order valence-electron chi connectivity index (χ0n) is 14.1. The van der Waals surface area contributed by atoms with Crippen molar-refractivity contribution in [2.45, 2.75) is 20.4 Å². The van der Waals surface area contributed by atoms with Crippen LogP contribution in [0.2, 0.25) is 0 Å². The molecule has 24 heavy (non-hydrogen) atoms. The zero-order valence-corrected chi connectivity index (χ0v) is 14.1. The van der Waals surface area contributed by atoms with Crippen molar-refractivity contribution in [1.29, 1.82) is 0 Å². The highest BCUT2D eigenvalue weighted by Gasteiger charge is 2.37.